The van der Waals surface area contributed by atoms with Crippen LogP contribution in [0.5, 0.6) is 0 Å². The average molecular weight is 161 g/mol. The van der Waals surface area contributed by atoms with Gasteiger partial charge in [-0.3, -0.25) is 9.52 Å². The fourth-order valence-electron chi connectivity index (χ4n) is 0.713. The molecule has 0 radical (unpaired) electrons. The van der Waals surface area contributed by atoms with Crippen molar-refractivity contribution in [1.29, 1.82) is 0 Å². The second kappa shape index (κ2) is 7.09. The van der Waals surface area contributed by atoms with E-state index in [-0.39, 0.29) is 0 Å². The van der Waals surface area contributed by atoms with Crippen LogP contribution in [0.15, 0.2) is 0 Å². The molecule has 2 nitrogen and oxygen atoms in total. The molecule has 1 atom stereocenters. The molecule has 0 heterocycles. The van der Waals surface area contributed by atoms with Crippen molar-refractivity contribution in [2.75, 3.05) is 0 Å². The van der Waals surface area contributed by atoms with Crippen LogP contribution < -0.4 is 4.72 Å². The lowest BCUT2D eigenvalue weighted by molar-refractivity contribution is 0.566. The average Bonchev–Trinajstić information content (AvgIpc) is 1.97. The van der Waals surface area contributed by atoms with Crippen LogP contribution in [0.25, 0.3) is 0 Å². The molecule has 0 fully saturated rings. The molecule has 10 heavy (non-hydrogen) atoms. The van der Waals surface area contributed by atoms with E-state index in [4.69, 9.17) is 0 Å². The van der Waals surface area contributed by atoms with Gasteiger partial charge < -0.3 is 0 Å². The zero-order chi connectivity index (χ0) is 7.82. The van der Waals surface area contributed by atoms with Crippen LogP contribution in [-0.4, -0.2) is 11.7 Å². The normalized spacial score (nSPS) is 13.0. The Morgan fingerprint density at radius 1 is 1.70 bits per heavy atom. The number of unbranched alkanes of at least 4 members (excludes halogenated alkanes) is 1. The van der Waals surface area contributed by atoms with E-state index in [1.807, 2.05) is 0 Å². The van der Waals surface area contributed by atoms with Gasteiger partial charge in [-0.1, -0.05) is 19.8 Å². The third-order valence-corrected chi connectivity index (χ3v) is 1.94. The van der Waals surface area contributed by atoms with E-state index in [1.165, 1.54) is 12.8 Å². The summed E-state index contributed by atoms with van der Waals surface area (Å²) < 4.78 is 3.02. The molecular weight excluding hydrogens is 146 g/mol. The summed E-state index contributed by atoms with van der Waals surface area (Å²) in [7, 11) is 0. The largest absolute Gasteiger partial charge is 0.290 e. The Morgan fingerprint density at radius 3 is 2.90 bits per heavy atom. The van der Waals surface area contributed by atoms with Crippen molar-refractivity contribution in [1.82, 2.24) is 4.72 Å². The minimum atomic E-state index is 0.454. The summed E-state index contributed by atoms with van der Waals surface area (Å²) in [6.45, 7) is 4.26. The molecule has 0 aliphatic carbocycles. The predicted molar refractivity (Wildman–Crippen MR) is 46.5 cm³/mol. The lowest BCUT2D eigenvalue weighted by atomic mass is 10.2. The zero-order valence-electron chi connectivity index (χ0n) is 6.59. The number of rotatable bonds is 6. The first-order chi connectivity index (χ1) is 4.81. The molecule has 0 aliphatic heterocycles. The molecule has 0 saturated heterocycles. The lowest BCUT2D eigenvalue weighted by Crippen LogP contribution is -2.18. The summed E-state index contributed by atoms with van der Waals surface area (Å²) in [5, 5.41) is 0. The second-order valence-electron chi connectivity index (χ2n) is 2.38. The molecule has 0 bridgehead atoms. The van der Waals surface area contributed by atoms with E-state index in [0.717, 1.165) is 24.0 Å². The maximum absolute atomic E-state index is 9.88. The highest BCUT2D eigenvalue weighted by atomic mass is 32.2. The van der Waals surface area contributed by atoms with Gasteiger partial charge >= 0.3 is 0 Å². The summed E-state index contributed by atoms with van der Waals surface area (Å²) in [5.41, 5.74) is 0.822. The monoisotopic (exact) mass is 161 g/mol. The summed E-state index contributed by atoms with van der Waals surface area (Å²) >= 11 is 1.14. The Balaban J connectivity index is 3.07. The number of carbonyl (C=O) groups is 1. The van der Waals surface area contributed by atoms with Gasteiger partial charge in [0.05, 0.1) is 0 Å². The van der Waals surface area contributed by atoms with E-state index in [0.29, 0.717) is 6.04 Å². The molecule has 0 aromatic rings. The van der Waals surface area contributed by atoms with Gasteiger partial charge in [0.1, 0.15) is 0 Å². The number of hydrogen-bond acceptors (Lipinski definition) is 3. The Hall–Kier alpha value is -0.0200. The van der Waals surface area contributed by atoms with Crippen molar-refractivity contribution >= 4 is 17.6 Å². The molecule has 1 unspecified atom stereocenters. The van der Waals surface area contributed by atoms with Crippen molar-refractivity contribution in [3.05, 3.63) is 0 Å². The molecule has 60 valence electrons. The Bertz CT molecular complexity index is 87.7. The maximum Gasteiger partial charge on any atom is 0.191 e. The molecule has 0 saturated carbocycles. The van der Waals surface area contributed by atoms with Gasteiger partial charge in [0.25, 0.3) is 0 Å². The minimum absolute atomic E-state index is 0.454. The van der Waals surface area contributed by atoms with E-state index < -0.39 is 0 Å². The Labute approximate surface area is 66.9 Å². The van der Waals surface area contributed by atoms with Crippen molar-refractivity contribution < 1.29 is 4.79 Å². The third-order valence-electron chi connectivity index (χ3n) is 1.31. The van der Waals surface area contributed by atoms with Crippen molar-refractivity contribution in [2.24, 2.45) is 0 Å². The standard InChI is InChI=1S/C7H15NOS/c1-3-4-5-7(2)8-10-6-9/h6-8H,3-5H2,1-2H3. The van der Waals surface area contributed by atoms with E-state index >= 15 is 0 Å². The van der Waals surface area contributed by atoms with Crippen LogP contribution >= 0.6 is 11.9 Å². The number of nitrogens with one attached hydrogen (secondary N) is 1. The Morgan fingerprint density at radius 2 is 2.40 bits per heavy atom. The molecule has 0 rings (SSSR count). The molecule has 0 spiro atoms. The zero-order valence-corrected chi connectivity index (χ0v) is 7.41. The first kappa shape index (κ1) is 9.98. The Kier molecular flexibility index (Phi) is 7.08. The molecule has 0 aliphatic rings. The highest BCUT2D eigenvalue weighted by Gasteiger charge is 1.97. The molecule has 3 heteroatoms. The van der Waals surface area contributed by atoms with Gasteiger partial charge in [-0.15, -0.1) is 0 Å². The fourth-order valence-corrected chi connectivity index (χ4v) is 1.12. The highest BCUT2D eigenvalue weighted by Crippen LogP contribution is 2.01. The molecule has 0 amide bonds. The number of hydrogen-bond donors (Lipinski definition) is 1. The first-order valence-corrected chi connectivity index (χ1v) is 4.54. The van der Waals surface area contributed by atoms with Crippen LogP contribution in [0.4, 0.5) is 0 Å². The van der Waals surface area contributed by atoms with Gasteiger partial charge in [0, 0.05) is 6.04 Å². The molecular formula is C7H15NOS. The molecule has 0 aromatic heterocycles. The van der Waals surface area contributed by atoms with E-state index in [2.05, 4.69) is 18.6 Å². The van der Waals surface area contributed by atoms with Crippen LogP contribution in [0.3, 0.4) is 0 Å². The molecule has 1 N–H and O–H groups in total. The van der Waals surface area contributed by atoms with Gasteiger partial charge in [0.2, 0.25) is 0 Å². The smallest absolute Gasteiger partial charge is 0.191 e. The van der Waals surface area contributed by atoms with Crippen molar-refractivity contribution in [3.8, 4) is 0 Å². The van der Waals surface area contributed by atoms with Gasteiger partial charge in [-0.25, -0.2) is 0 Å². The summed E-state index contributed by atoms with van der Waals surface area (Å²) in [6.07, 6.45) is 3.60. The van der Waals surface area contributed by atoms with E-state index in [9.17, 15) is 4.79 Å². The first-order valence-electron chi connectivity index (χ1n) is 3.66. The topological polar surface area (TPSA) is 29.1 Å². The van der Waals surface area contributed by atoms with Crippen molar-refractivity contribution in [2.45, 2.75) is 39.2 Å². The highest BCUT2D eigenvalue weighted by molar-refractivity contribution is 8.10. The SMILES string of the molecule is CCCCC(C)NSC=O. The fraction of sp³-hybridized carbons (Fsp3) is 0.857. The minimum Gasteiger partial charge on any atom is -0.290 e. The third kappa shape index (κ3) is 6.11. The van der Waals surface area contributed by atoms with Crippen LogP contribution in [-0.2, 0) is 4.79 Å². The summed E-state index contributed by atoms with van der Waals surface area (Å²) in [6, 6.07) is 0.454. The van der Waals surface area contributed by atoms with Gasteiger partial charge in [-0.2, -0.15) is 0 Å². The molecule has 0 aromatic carbocycles. The lowest BCUT2D eigenvalue weighted by Gasteiger charge is -2.08. The van der Waals surface area contributed by atoms with Gasteiger partial charge in [-0.05, 0) is 25.3 Å². The summed E-state index contributed by atoms with van der Waals surface area (Å²) in [4.78, 5) is 9.88. The predicted octanol–water partition coefficient (Wildman–Crippen LogP) is 1.99. The van der Waals surface area contributed by atoms with Crippen LogP contribution in [0, 0.1) is 0 Å². The quantitative estimate of drug-likeness (QED) is 0.477. The van der Waals surface area contributed by atoms with Crippen molar-refractivity contribution in [3.63, 3.8) is 0 Å². The second-order valence-corrected chi connectivity index (χ2v) is 3.04. The van der Waals surface area contributed by atoms with E-state index in [1.54, 1.807) is 0 Å². The number of carbonyl (C=O) groups excluding carboxylic acids is 1. The maximum atomic E-state index is 9.88. The van der Waals surface area contributed by atoms with Crippen LogP contribution in [0.2, 0.25) is 0 Å². The summed E-state index contributed by atoms with van der Waals surface area (Å²) in [5.74, 6) is 0. The van der Waals surface area contributed by atoms with Crippen LogP contribution in [0.1, 0.15) is 33.1 Å². The van der Waals surface area contributed by atoms with Gasteiger partial charge in [0.15, 0.2) is 5.62 Å².